The standard InChI is InChI=1S/C38H34F7N7O4S/c1-19-46-35(50-57(4,55)56)29-7-5-6-28(52(19)29)25-9-8-23(12-13-36(2,3)54)47-32(25)27(16-20-14-21(39)17-22(40)15-20)48-30(53)18-51-34-31(33(49-51)38(43,44)45)24-10-11-26(24)37(34,41)42/h5-9,14-15,17,24,26-27,50,54H,10-11,16,18H2,1-4H3,(H,48,53)/t24-,26+,27-/m0/s1. The number of nitrogens with one attached hydrogen (secondary N) is 2. The van der Waals surface area contributed by atoms with E-state index < -0.39 is 86.6 Å². The molecule has 3 N–H and O–H groups in total. The van der Waals surface area contributed by atoms with Gasteiger partial charge >= 0.3 is 6.18 Å². The molecule has 1 saturated carbocycles. The van der Waals surface area contributed by atoms with Crippen molar-refractivity contribution in [1.82, 2.24) is 29.5 Å². The first-order valence-electron chi connectivity index (χ1n) is 17.5. The summed E-state index contributed by atoms with van der Waals surface area (Å²) in [5.74, 6) is -3.46. The average Bonchev–Trinajstić information content (AvgIpc) is 3.63. The monoisotopic (exact) mass is 817 g/mol. The van der Waals surface area contributed by atoms with Crippen LogP contribution in [-0.4, -0.2) is 55.4 Å². The number of amides is 1. The number of aromatic nitrogens is 5. The first-order valence-corrected chi connectivity index (χ1v) is 19.4. The van der Waals surface area contributed by atoms with Gasteiger partial charge in [0.25, 0.3) is 5.92 Å². The van der Waals surface area contributed by atoms with E-state index in [1.807, 2.05) is 0 Å². The second-order valence-corrected chi connectivity index (χ2v) is 16.5. The highest BCUT2D eigenvalue weighted by Gasteiger charge is 2.63. The Morgan fingerprint density at radius 2 is 1.77 bits per heavy atom. The summed E-state index contributed by atoms with van der Waals surface area (Å²) in [6.45, 7) is 3.36. The van der Waals surface area contributed by atoms with Gasteiger partial charge in [0.15, 0.2) is 11.5 Å². The lowest BCUT2D eigenvalue weighted by Crippen LogP contribution is -2.36. The predicted octanol–water partition coefficient (Wildman–Crippen LogP) is 6.39. The SMILES string of the molecule is Cc1nc(NS(C)(=O)=O)c2cccc(-c3ccc(C#CC(C)(C)O)nc3[C@H](Cc3cc(F)cc(F)c3)NC(=O)Cn3nc(C(F)(F)F)c4c3C(F)(F)[C@@H]3CC[C@H]43)n12. The largest absolute Gasteiger partial charge is 0.435 e. The maximum atomic E-state index is 15.6. The van der Waals surface area contributed by atoms with Gasteiger partial charge in [-0.15, -0.1) is 0 Å². The van der Waals surface area contributed by atoms with Crippen LogP contribution in [0.25, 0.3) is 16.8 Å². The quantitative estimate of drug-likeness (QED) is 0.116. The molecule has 1 amide bonds. The number of imidazole rings is 1. The van der Waals surface area contributed by atoms with E-state index in [0.717, 1.165) is 18.4 Å². The fourth-order valence-corrected chi connectivity index (χ4v) is 8.03. The predicted molar refractivity (Wildman–Crippen MR) is 192 cm³/mol. The molecule has 0 bridgehead atoms. The molecule has 7 rings (SSSR count). The molecule has 0 aliphatic heterocycles. The Morgan fingerprint density at radius 1 is 1.07 bits per heavy atom. The minimum absolute atomic E-state index is 0.00108. The van der Waals surface area contributed by atoms with Gasteiger partial charge in [-0.25, -0.2) is 27.2 Å². The Labute approximate surface area is 321 Å². The van der Waals surface area contributed by atoms with Crippen LogP contribution >= 0.6 is 0 Å². The average molecular weight is 818 g/mol. The molecule has 0 spiro atoms. The van der Waals surface area contributed by atoms with Crippen molar-refractivity contribution >= 4 is 27.3 Å². The highest BCUT2D eigenvalue weighted by molar-refractivity contribution is 7.92. The van der Waals surface area contributed by atoms with E-state index in [4.69, 9.17) is 0 Å². The third-order valence-corrected chi connectivity index (χ3v) is 10.4. The number of aliphatic hydroxyl groups is 1. The minimum Gasteiger partial charge on any atom is -0.378 e. The number of rotatable bonds is 9. The van der Waals surface area contributed by atoms with E-state index in [-0.39, 0.29) is 47.6 Å². The molecular weight excluding hydrogens is 784 g/mol. The van der Waals surface area contributed by atoms with Gasteiger partial charge in [0.1, 0.15) is 41.0 Å². The van der Waals surface area contributed by atoms with Gasteiger partial charge in [0, 0.05) is 23.1 Å². The Balaban J connectivity index is 1.38. The lowest BCUT2D eigenvalue weighted by atomic mass is 9.73. The molecule has 19 heteroatoms. The molecule has 4 aromatic heterocycles. The van der Waals surface area contributed by atoms with Crippen molar-refractivity contribution in [2.45, 2.75) is 76.2 Å². The molecule has 2 aliphatic carbocycles. The van der Waals surface area contributed by atoms with Gasteiger partial charge in [-0.1, -0.05) is 12.0 Å². The minimum atomic E-state index is -5.08. The molecule has 0 radical (unpaired) electrons. The number of alkyl halides is 5. The normalized spacial score (nSPS) is 18.0. The van der Waals surface area contributed by atoms with Gasteiger partial charge in [-0.2, -0.15) is 27.1 Å². The maximum absolute atomic E-state index is 15.6. The molecule has 2 aliphatic rings. The van der Waals surface area contributed by atoms with Crippen LogP contribution in [0.1, 0.15) is 78.4 Å². The van der Waals surface area contributed by atoms with Gasteiger partial charge in [-0.3, -0.25) is 18.6 Å². The van der Waals surface area contributed by atoms with E-state index in [2.05, 4.69) is 36.9 Å². The number of hydrogen-bond acceptors (Lipinski definition) is 7. The van der Waals surface area contributed by atoms with Crippen LogP contribution < -0.4 is 10.0 Å². The Bertz CT molecular complexity index is 2600. The summed E-state index contributed by atoms with van der Waals surface area (Å²) in [4.78, 5) is 23.0. The number of sulfonamides is 1. The Kier molecular flexibility index (Phi) is 9.67. The van der Waals surface area contributed by atoms with Crippen molar-refractivity contribution in [2.75, 3.05) is 11.0 Å². The van der Waals surface area contributed by atoms with Crippen molar-refractivity contribution in [3.05, 3.63) is 99.9 Å². The molecule has 3 atom stereocenters. The second kappa shape index (κ2) is 13.9. The van der Waals surface area contributed by atoms with Crippen LogP contribution in [0, 0.1) is 36.3 Å². The summed E-state index contributed by atoms with van der Waals surface area (Å²) in [6, 6.07) is 9.08. The van der Waals surface area contributed by atoms with Crippen LogP contribution in [0.4, 0.5) is 36.6 Å². The summed E-state index contributed by atoms with van der Waals surface area (Å²) < 4.78 is 131. The van der Waals surface area contributed by atoms with E-state index >= 15 is 8.78 Å². The molecule has 1 aromatic carbocycles. The van der Waals surface area contributed by atoms with Gasteiger partial charge in [-0.05, 0) is 93.8 Å². The van der Waals surface area contributed by atoms with E-state index in [1.54, 1.807) is 35.6 Å². The van der Waals surface area contributed by atoms with Gasteiger partial charge in [0.05, 0.1) is 29.2 Å². The third-order valence-electron chi connectivity index (χ3n) is 9.81. The highest BCUT2D eigenvalue weighted by Crippen LogP contribution is 2.64. The zero-order valence-electron chi connectivity index (χ0n) is 30.6. The van der Waals surface area contributed by atoms with E-state index in [9.17, 15) is 40.3 Å². The lowest BCUT2D eigenvalue weighted by Gasteiger charge is -2.34. The summed E-state index contributed by atoms with van der Waals surface area (Å²) >= 11 is 0. The van der Waals surface area contributed by atoms with Gasteiger partial charge < -0.3 is 10.4 Å². The summed E-state index contributed by atoms with van der Waals surface area (Å²) in [5.41, 5.74) is -3.60. The number of carbonyl (C=O) groups excluding carboxylic acids is 1. The van der Waals surface area contributed by atoms with Crippen molar-refractivity contribution in [1.29, 1.82) is 0 Å². The Hall–Kier alpha value is -5.48. The van der Waals surface area contributed by atoms with Gasteiger partial charge in [0.2, 0.25) is 15.9 Å². The van der Waals surface area contributed by atoms with Crippen LogP contribution in [0.15, 0.2) is 48.5 Å². The summed E-state index contributed by atoms with van der Waals surface area (Å²) in [5, 5.41) is 16.4. The van der Waals surface area contributed by atoms with E-state index in [0.29, 0.717) is 27.8 Å². The van der Waals surface area contributed by atoms with Crippen molar-refractivity contribution in [3.63, 3.8) is 0 Å². The molecule has 5 aromatic rings. The maximum Gasteiger partial charge on any atom is 0.435 e. The molecule has 57 heavy (non-hydrogen) atoms. The second-order valence-electron chi connectivity index (χ2n) is 14.7. The molecule has 4 heterocycles. The smallest absolute Gasteiger partial charge is 0.378 e. The number of anilines is 1. The highest BCUT2D eigenvalue weighted by atomic mass is 32.2. The Morgan fingerprint density at radius 3 is 2.39 bits per heavy atom. The molecule has 1 fully saturated rings. The fraction of sp³-hybridized carbons (Fsp3) is 0.368. The number of nitrogens with zero attached hydrogens (tertiary/aromatic N) is 5. The zero-order chi connectivity index (χ0) is 41.4. The number of aryl methyl sites for hydroxylation is 1. The van der Waals surface area contributed by atoms with Crippen molar-refractivity contribution in [3.8, 4) is 23.1 Å². The van der Waals surface area contributed by atoms with Crippen molar-refractivity contribution < 1.29 is 49.1 Å². The summed E-state index contributed by atoms with van der Waals surface area (Å²) in [6.07, 6.45) is -4.41. The summed E-state index contributed by atoms with van der Waals surface area (Å²) in [7, 11) is -3.78. The molecule has 0 unspecified atom stereocenters. The third kappa shape index (κ3) is 7.80. The first-order chi connectivity index (χ1) is 26.5. The number of halogens is 7. The zero-order valence-corrected chi connectivity index (χ0v) is 31.5. The molecular formula is C38H34F7N7O4S. The number of fused-ring (bicyclic) bond motifs is 4. The lowest BCUT2D eigenvalue weighted by molar-refractivity contribution is -0.144. The number of hydrogen-bond donors (Lipinski definition) is 3. The molecule has 11 nitrogen and oxygen atoms in total. The molecule has 0 saturated heterocycles. The molecule has 300 valence electrons. The fourth-order valence-electron chi connectivity index (χ4n) is 7.53. The van der Waals surface area contributed by atoms with Crippen LogP contribution in [0.5, 0.6) is 0 Å². The first kappa shape index (κ1) is 39.7. The van der Waals surface area contributed by atoms with Crippen LogP contribution in [0.3, 0.4) is 0 Å². The number of carbonyl (C=O) groups is 1. The van der Waals surface area contributed by atoms with Crippen LogP contribution in [-0.2, 0) is 39.9 Å². The topological polar surface area (TPSA) is 144 Å². The number of benzene rings is 1. The van der Waals surface area contributed by atoms with E-state index in [1.165, 1.54) is 19.9 Å². The number of pyridine rings is 2. The van der Waals surface area contributed by atoms with Crippen molar-refractivity contribution in [2.24, 2.45) is 5.92 Å². The van der Waals surface area contributed by atoms with Crippen LogP contribution in [0.2, 0.25) is 0 Å².